The van der Waals surface area contributed by atoms with E-state index in [9.17, 15) is 9.59 Å². The minimum atomic E-state index is -1.06. The van der Waals surface area contributed by atoms with Crippen LogP contribution in [0.5, 0.6) is 0 Å². The van der Waals surface area contributed by atoms with Crippen LogP contribution in [0.3, 0.4) is 0 Å². The average molecular weight is 247 g/mol. The third-order valence-electron chi connectivity index (χ3n) is 2.76. The quantitative estimate of drug-likeness (QED) is 0.594. The van der Waals surface area contributed by atoms with E-state index in [4.69, 9.17) is 10.8 Å². The van der Waals surface area contributed by atoms with E-state index in [1.54, 1.807) is 24.3 Å². The monoisotopic (exact) mass is 247 g/mol. The fourth-order valence-electron chi connectivity index (χ4n) is 1.78. The lowest BCUT2D eigenvalue weighted by molar-refractivity contribution is -0.131. The second-order valence-electron chi connectivity index (χ2n) is 4.02. The van der Waals surface area contributed by atoms with Gasteiger partial charge in [-0.05, 0) is 6.42 Å². The van der Waals surface area contributed by atoms with E-state index < -0.39 is 17.9 Å². The summed E-state index contributed by atoms with van der Waals surface area (Å²) >= 11 is 0. The molecule has 2 unspecified atom stereocenters. The Labute approximate surface area is 106 Å². The van der Waals surface area contributed by atoms with Gasteiger partial charge in [0.15, 0.2) is 5.78 Å². The molecule has 0 spiro atoms. The van der Waals surface area contributed by atoms with Crippen molar-refractivity contribution in [3.05, 3.63) is 48.0 Å². The van der Waals surface area contributed by atoms with E-state index >= 15 is 0 Å². The lowest BCUT2D eigenvalue weighted by Crippen LogP contribution is -2.33. The highest BCUT2D eigenvalue weighted by Crippen LogP contribution is 2.16. The van der Waals surface area contributed by atoms with Gasteiger partial charge in [0.2, 0.25) is 0 Å². The maximum Gasteiger partial charge on any atom is 0.328 e. The third kappa shape index (κ3) is 3.82. The maximum absolute atomic E-state index is 12.2. The molecule has 3 N–H and O–H groups in total. The van der Waals surface area contributed by atoms with Crippen molar-refractivity contribution < 1.29 is 14.7 Å². The Morgan fingerprint density at radius 1 is 1.33 bits per heavy atom. The predicted molar refractivity (Wildman–Crippen MR) is 69.3 cm³/mol. The zero-order chi connectivity index (χ0) is 13.5. The van der Waals surface area contributed by atoms with Crippen molar-refractivity contribution in [3.8, 4) is 0 Å². The normalized spacial score (nSPS) is 14.3. The highest BCUT2D eigenvalue weighted by Gasteiger charge is 2.23. The lowest BCUT2D eigenvalue weighted by atomic mass is 9.89. The highest BCUT2D eigenvalue weighted by molar-refractivity contribution is 5.98. The zero-order valence-electron chi connectivity index (χ0n) is 10.2. The first kappa shape index (κ1) is 14.1. The first-order chi connectivity index (χ1) is 8.56. The van der Waals surface area contributed by atoms with Crippen LogP contribution in [0.2, 0.25) is 0 Å². The molecule has 0 bridgehead atoms. The van der Waals surface area contributed by atoms with Crippen molar-refractivity contribution in [2.75, 3.05) is 0 Å². The molecule has 0 heterocycles. The molecule has 96 valence electrons. The molecule has 1 aromatic carbocycles. The van der Waals surface area contributed by atoms with E-state index in [0.29, 0.717) is 12.0 Å². The van der Waals surface area contributed by atoms with Gasteiger partial charge in [0.25, 0.3) is 0 Å². The molecular weight excluding hydrogens is 230 g/mol. The second kappa shape index (κ2) is 6.71. The summed E-state index contributed by atoms with van der Waals surface area (Å²) in [6.45, 7) is 1.86. The number of hydrogen-bond acceptors (Lipinski definition) is 3. The first-order valence-electron chi connectivity index (χ1n) is 5.82. The minimum Gasteiger partial charge on any atom is -0.478 e. The average Bonchev–Trinajstić information content (AvgIpc) is 2.38. The first-order valence-corrected chi connectivity index (χ1v) is 5.82. The fourth-order valence-corrected chi connectivity index (χ4v) is 1.78. The molecule has 0 radical (unpaired) electrons. The number of carboxylic acids is 1. The fraction of sp³-hybridized carbons (Fsp3) is 0.286. The van der Waals surface area contributed by atoms with Gasteiger partial charge in [0.1, 0.15) is 0 Å². The van der Waals surface area contributed by atoms with Gasteiger partial charge in [-0.25, -0.2) is 4.79 Å². The standard InChI is InChI=1S/C14H17NO3/c1-2-11(12(15)8-9-13(16)17)14(18)10-6-4-3-5-7-10/h3-9,11-12H,2,15H2,1H3,(H,16,17). The van der Waals surface area contributed by atoms with E-state index in [1.165, 1.54) is 6.08 Å². The summed E-state index contributed by atoms with van der Waals surface area (Å²) in [5, 5.41) is 8.55. The molecule has 0 aliphatic heterocycles. The van der Waals surface area contributed by atoms with Gasteiger partial charge in [-0.2, -0.15) is 0 Å². The molecule has 18 heavy (non-hydrogen) atoms. The summed E-state index contributed by atoms with van der Waals surface area (Å²) in [6.07, 6.45) is 2.90. The summed E-state index contributed by atoms with van der Waals surface area (Å²) < 4.78 is 0. The van der Waals surface area contributed by atoms with Gasteiger partial charge in [0, 0.05) is 23.6 Å². The molecule has 0 aromatic heterocycles. The van der Waals surface area contributed by atoms with E-state index in [-0.39, 0.29) is 5.78 Å². The molecule has 1 aromatic rings. The summed E-state index contributed by atoms with van der Waals surface area (Å²) in [7, 11) is 0. The number of hydrogen-bond donors (Lipinski definition) is 2. The molecule has 0 saturated carbocycles. The maximum atomic E-state index is 12.2. The van der Waals surface area contributed by atoms with Crippen molar-refractivity contribution in [1.29, 1.82) is 0 Å². The molecular formula is C14H17NO3. The van der Waals surface area contributed by atoms with Crippen molar-refractivity contribution in [3.63, 3.8) is 0 Å². The van der Waals surface area contributed by atoms with Crippen LogP contribution in [0.1, 0.15) is 23.7 Å². The number of rotatable bonds is 6. The van der Waals surface area contributed by atoms with Crippen molar-refractivity contribution in [1.82, 2.24) is 0 Å². The molecule has 4 heteroatoms. The van der Waals surface area contributed by atoms with Crippen LogP contribution < -0.4 is 5.73 Å². The van der Waals surface area contributed by atoms with E-state index in [0.717, 1.165) is 6.08 Å². The molecule has 0 saturated heterocycles. The molecule has 0 amide bonds. The summed E-state index contributed by atoms with van der Waals surface area (Å²) in [5.74, 6) is -1.52. The molecule has 0 fully saturated rings. The number of Topliss-reactive ketones (excluding diaryl/α,β-unsaturated/α-hetero) is 1. The Kier molecular flexibility index (Phi) is 5.27. The summed E-state index contributed by atoms with van der Waals surface area (Å²) in [6, 6.07) is 8.30. The number of carboxylic acid groups (broad SMARTS) is 1. The van der Waals surface area contributed by atoms with Crippen molar-refractivity contribution in [2.45, 2.75) is 19.4 Å². The number of carbonyl (C=O) groups is 2. The van der Waals surface area contributed by atoms with E-state index in [2.05, 4.69) is 0 Å². The van der Waals surface area contributed by atoms with Gasteiger partial charge >= 0.3 is 5.97 Å². The van der Waals surface area contributed by atoms with Crippen LogP contribution in [-0.4, -0.2) is 22.9 Å². The number of ketones is 1. The van der Waals surface area contributed by atoms with Crippen LogP contribution in [0.4, 0.5) is 0 Å². The summed E-state index contributed by atoms with van der Waals surface area (Å²) in [4.78, 5) is 22.6. The second-order valence-corrected chi connectivity index (χ2v) is 4.02. The predicted octanol–water partition coefficient (Wildman–Crippen LogP) is 1.86. The molecule has 1 rings (SSSR count). The smallest absolute Gasteiger partial charge is 0.328 e. The third-order valence-corrected chi connectivity index (χ3v) is 2.76. The van der Waals surface area contributed by atoms with Crippen LogP contribution >= 0.6 is 0 Å². The number of aliphatic carboxylic acids is 1. The van der Waals surface area contributed by atoms with Gasteiger partial charge < -0.3 is 10.8 Å². The lowest BCUT2D eigenvalue weighted by Gasteiger charge is -2.18. The number of benzene rings is 1. The van der Waals surface area contributed by atoms with Crippen LogP contribution in [-0.2, 0) is 4.79 Å². The van der Waals surface area contributed by atoms with E-state index in [1.807, 2.05) is 13.0 Å². The van der Waals surface area contributed by atoms with Gasteiger partial charge in [0.05, 0.1) is 0 Å². The van der Waals surface area contributed by atoms with Crippen molar-refractivity contribution in [2.24, 2.45) is 11.7 Å². The molecule has 4 nitrogen and oxygen atoms in total. The summed E-state index contributed by atoms with van der Waals surface area (Å²) in [5.41, 5.74) is 6.44. The number of carbonyl (C=O) groups excluding carboxylic acids is 1. The van der Waals surface area contributed by atoms with Crippen LogP contribution in [0.15, 0.2) is 42.5 Å². The molecule has 2 atom stereocenters. The number of nitrogens with two attached hydrogens (primary N) is 1. The van der Waals surface area contributed by atoms with Crippen molar-refractivity contribution >= 4 is 11.8 Å². The van der Waals surface area contributed by atoms with Gasteiger partial charge in [-0.15, -0.1) is 0 Å². The Bertz CT molecular complexity index is 440. The van der Waals surface area contributed by atoms with Gasteiger partial charge in [-0.1, -0.05) is 43.3 Å². The molecule has 0 aliphatic rings. The highest BCUT2D eigenvalue weighted by atomic mass is 16.4. The van der Waals surface area contributed by atoms with Gasteiger partial charge in [-0.3, -0.25) is 4.79 Å². The zero-order valence-corrected chi connectivity index (χ0v) is 10.2. The van der Waals surface area contributed by atoms with Crippen LogP contribution in [0, 0.1) is 5.92 Å². The Morgan fingerprint density at radius 2 is 1.94 bits per heavy atom. The minimum absolute atomic E-state index is 0.0550. The Morgan fingerprint density at radius 3 is 2.44 bits per heavy atom. The largest absolute Gasteiger partial charge is 0.478 e. The Hall–Kier alpha value is -1.94. The topological polar surface area (TPSA) is 80.4 Å². The SMILES string of the molecule is CCC(C(=O)c1ccccc1)C(N)C=CC(=O)O. The Balaban J connectivity index is 2.83. The molecule has 0 aliphatic carbocycles. The van der Waals surface area contributed by atoms with Crippen LogP contribution in [0.25, 0.3) is 0 Å².